The lowest BCUT2D eigenvalue weighted by Gasteiger charge is -2.10. The van der Waals surface area contributed by atoms with E-state index in [1.165, 1.54) is 0 Å². The Labute approximate surface area is 109 Å². The van der Waals surface area contributed by atoms with Gasteiger partial charge in [-0.05, 0) is 30.3 Å². The average Bonchev–Trinajstić information content (AvgIpc) is 2.41. The average molecular weight is 259 g/mol. The van der Waals surface area contributed by atoms with Crippen molar-refractivity contribution in [1.82, 2.24) is 0 Å². The first-order valence-electron chi connectivity index (χ1n) is 5.58. The lowest BCUT2D eigenvalue weighted by atomic mass is 10.1. The van der Waals surface area contributed by atoms with E-state index in [9.17, 15) is 8.78 Å². The second kappa shape index (κ2) is 5.36. The molecular formula is C14H11F2N3. The fraction of sp³-hybridized carbons (Fsp3) is 0.0714. The Hall–Kier alpha value is -2.61. The van der Waals surface area contributed by atoms with E-state index in [2.05, 4.69) is 5.32 Å². The largest absolute Gasteiger partial charge is 0.396 e. The van der Waals surface area contributed by atoms with Gasteiger partial charge in [0.15, 0.2) is 0 Å². The molecule has 0 aliphatic carbocycles. The van der Waals surface area contributed by atoms with Gasteiger partial charge in [-0.25, -0.2) is 8.78 Å². The van der Waals surface area contributed by atoms with Crippen molar-refractivity contribution in [2.75, 3.05) is 11.1 Å². The summed E-state index contributed by atoms with van der Waals surface area (Å²) < 4.78 is 26.4. The first-order chi connectivity index (χ1) is 9.11. The number of rotatable bonds is 3. The van der Waals surface area contributed by atoms with E-state index in [-0.39, 0.29) is 12.1 Å². The van der Waals surface area contributed by atoms with Gasteiger partial charge in [0.05, 0.1) is 16.9 Å². The number of para-hydroxylation sites is 1. The van der Waals surface area contributed by atoms with Crippen LogP contribution in [0.15, 0.2) is 36.4 Å². The second-order valence-corrected chi connectivity index (χ2v) is 3.97. The molecule has 0 heterocycles. The Morgan fingerprint density at radius 2 is 2.00 bits per heavy atom. The zero-order valence-corrected chi connectivity index (χ0v) is 9.95. The zero-order valence-electron chi connectivity index (χ0n) is 9.95. The van der Waals surface area contributed by atoms with Crippen LogP contribution in [0.1, 0.15) is 11.1 Å². The number of hydrogen-bond donors (Lipinski definition) is 2. The van der Waals surface area contributed by atoms with Crippen molar-refractivity contribution in [1.29, 1.82) is 5.26 Å². The molecule has 0 amide bonds. The SMILES string of the molecule is N#Cc1cccc(NCc2cc(F)ccc2F)c1N. The highest BCUT2D eigenvalue weighted by molar-refractivity contribution is 5.72. The summed E-state index contributed by atoms with van der Waals surface area (Å²) in [5.74, 6) is -0.999. The molecule has 2 aromatic carbocycles. The number of nitrogens with zero attached hydrogens (tertiary/aromatic N) is 1. The number of nitriles is 1. The predicted molar refractivity (Wildman–Crippen MR) is 69.3 cm³/mol. The second-order valence-electron chi connectivity index (χ2n) is 3.97. The van der Waals surface area contributed by atoms with E-state index in [4.69, 9.17) is 11.0 Å². The number of halogens is 2. The molecule has 0 saturated carbocycles. The van der Waals surface area contributed by atoms with Crippen LogP contribution in [0.4, 0.5) is 20.2 Å². The number of nitrogen functional groups attached to an aromatic ring is 1. The third-order valence-corrected chi connectivity index (χ3v) is 2.70. The van der Waals surface area contributed by atoms with Gasteiger partial charge in [0.25, 0.3) is 0 Å². The molecule has 96 valence electrons. The van der Waals surface area contributed by atoms with Crippen LogP contribution in [0.25, 0.3) is 0 Å². The summed E-state index contributed by atoms with van der Waals surface area (Å²) in [6, 6.07) is 10.1. The van der Waals surface area contributed by atoms with Gasteiger partial charge in [-0.15, -0.1) is 0 Å². The first kappa shape index (κ1) is 12.8. The maximum absolute atomic E-state index is 13.4. The van der Waals surface area contributed by atoms with Crippen molar-refractivity contribution in [2.24, 2.45) is 0 Å². The van der Waals surface area contributed by atoms with Gasteiger partial charge in [-0.2, -0.15) is 5.26 Å². The van der Waals surface area contributed by atoms with Crippen molar-refractivity contribution in [2.45, 2.75) is 6.54 Å². The van der Waals surface area contributed by atoms with Crippen LogP contribution in [0.5, 0.6) is 0 Å². The molecule has 0 unspecified atom stereocenters. The molecule has 0 spiro atoms. The monoisotopic (exact) mass is 259 g/mol. The fourth-order valence-electron chi connectivity index (χ4n) is 1.69. The highest BCUT2D eigenvalue weighted by Gasteiger charge is 2.07. The van der Waals surface area contributed by atoms with Crippen molar-refractivity contribution in [3.05, 3.63) is 59.2 Å². The summed E-state index contributed by atoms with van der Waals surface area (Å²) in [5, 5.41) is 11.7. The molecule has 3 N–H and O–H groups in total. The van der Waals surface area contributed by atoms with Crippen LogP contribution in [0.2, 0.25) is 0 Å². The molecule has 0 aliphatic rings. The summed E-state index contributed by atoms with van der Waals surface area (Å²) >= 11 is 0. The summed E-state index contributed by atoms with van der Waals surface area (Å²) in [5.41, 5.74) is 7.12. The van der Waals surface area contributed by atoms with Gasteiger partial charge in [0.1, 0.15) is 17.7 Å². The number of anilines is 2. The van der Waals surface area contributed by atoms with Crippen molar-refractivity contribution < 1.29 is 8.78 Å². The predicted octanol–water partition coefficient (Wildman–Crippen LogP) is 3.03. The normalized spacial score (nSPS) is 9.95. The molecule has 0 aliphatic heterocycles. The fourth-order valence-corrected chi connectivity index (χ4v) is 1.69. The van der Waals surface area contributed by atoms with Crippen molar-refractivity contribution in [3.63, 3.8) is 0 Å². The Morgan fingerprint density at radius 1 is 1.21 bits per heavy atom. The Morgan fingerprint density at radius 3 is 2.74 bits per heavy atom. The quantitative estimate of drug-likeness (QED) is 0.833. The summed E-state index contributed by atoms with van der Waals surface area (Å²) in [4.78, 5) is 0. The first-order valence-corrected chi connectivity index (χ1v) is 5.58. The van der Waals surface area contributed by atoms with E-state index in [1.54, 1.807) is 18.2 Å². The number of hydrogen-bond acceptors (Lipinski definition) is 3. The van der Waals surface area contributed by atoms with Gasteiger partial charge < -0.3 is 11.1 Å². The number of nitrogens with two attached hydrogens (primary N) is 1. The standard InChI is InChI=1S/C14H11F2N3/c15-11-4-5-12(16)10(6-11)8-19-13-3-1-2-9(7-17)14(13)18/h1-6,19H,8,18H2. The minimum Gasteiger partial charge on any atom is -0.396 e. The van der Waals surface area contributed by atoms with Gasteiger partial charge in [-0.1, -0.05) is 6.07 Å². The summed E-state index contributed by atoms with van der Waals surface area (Å²) in [6.07, 6.45) is 0. The Bertz CT molecular complexity index is 648. The number of benzene rings is 2. The minimum atomic E-state index is -0.503. The molecule has 0 atom stereocenters. The minimum absolute atomic E-state index is 0.0860. The molecule has 0 saturated heterocycles. The van der Waals surface area contributed by atoms with Crippen LogP contribution < -0.4 is 11.1 Å². The molecule has 2 aromatic rings. The van der Waals surface area contributed by atoms with Crippen LogP contribution in [0, 0.1) is 23.0 Å². The molecular weight excluding hydrogens is 248 g/mol. The van der Waals surface area contributed by atoms with Gasteiger partial charge >= 0.3 is 0 Å². The van der Waals surface area contributed by atoms with Gasteiger partial charge in [0.2, 0.25) is 0 Å². The van der Waals surface area contributed by atoms with E-state index >= 15 is 0 Å². The maximum atomic E-state index is 13.4. The molecule has 0 radical (unpaired) electrons. The van der Waals surface area contributed by atoms with E-state index in [0.717, 1.165) is 18.2 Å². The molecule has 5 heteroatoms. The van der Waals surface area contributed by atoms with E-state index in [1.807, 2.05) is 6.07 Å². The number of nitrogens with one attached hydrogen (secondary N) is 1. The zero-order chi connectivity index (χ0) is 13.8. The molecule has 3 nitrogen and oxygen atoms in total. The Kier molecular flexibility index (Phi) is 3.62. The molecule has 0 fully saturated rings. The van der Waals surface area contributed by atoms with Gasteiger partial charge in [0, 0.05) is 12.1 Å². The summed E-state index contributed by atoms with van der Waals surface area (Å²) in [6.45, 7) is 0.0860. The lowest BCUT2D eigenvalue weighted by molar-refractivity contribution is 0.587. The smallest absolute Gasteiger partial charge is 0.128 e. The van der Waals surface area contributed by atoms with Crippen LogP contribution >= 0.6 is 0 Å². The third-order valence-electron chi connectivity index (χ3n) is 2.70. The van der Waals surface area contributed by atoms with Crippen molar-refractivity contribution in [3.8, 4) is 6.07 Å². The topological polar surface area (TPSA) is 61.8 Å². The van der Waals surface area contributed by atoms with Crippen LogP contribution in [-0.2, 0) is 6.54 Å². The van der Waals surface area contributed by atoms with Gasteiger partial charge in [-0.3, -0.25) is 0 Å². The Balaban J connectivity index is 2.20. The summed E-state index contributed by atoms with van der Waals surface area (Å²) in [7, 11) is 0. The molecule has 0 aromatic heterocycles. The van der Waals surface area contributed by atoms with E-state index < -0.39 is 11.6 Å². The molecule has 0 bridgehead atoms. The molecule has 2 rings (SSSR count). The molecule has 19 heavy (non-hydrogen) atoms. The van der Waals surface area contributed by atoms with E-state index in [0.29, 0.717) is 16.9 Å². The van der Waals surface area contributed by atoms with Crippen LogP contribution in [0.3, 0.4) is 0 Å². The van der Waals surface area contributed by atoms with Crippen LogP contribution in [-0.4, -0.2) is 0 Å². The third kappa shape index (κ3) is 2.80. The highest BCUT2D eigenvalue weighted by atomic mass is 19.1. The maximum Gasteiger partial charge on any atom is 0.128 e. The highest BCUT2D eigenvalue weighted by Crippen LogP contribution is 2.23. The van der Waals surface area contributed by atoms with Crippen molar-refractivity contribution >= 4 is 11.4 Å². The lowest BCUT2D eigenvalue weighted by Crippen LogP contribution is -2.05.